The third kappa shape index (κ3) is 4.12. The molecule has 0 saturated carbocycles. The lowest BCUT2D eigenvalue weighted by Gasteiger charge is -2.18. The third-order valence-electron chi connectivity index (χ3n) is 3.77. The highest BCUT2D eigenvalue weighted by molar-refractivity contribution is 5.27. The number of hydrogen-bond acceptors (Lipinski definition) is 2. The Bertz CT molecular complexity index is 458. The zero-order valence-electron chi connectivity index (χ0n) is 11.6. The van der Waals surface area contributed by atoms with Gasteiger partial charge in [-0.3, -0.25) is 0 Å². The Labute approximate surface area is 119 Å². The van der Waals surface area contributed by atoms with Gasteiger partial charge >= 0.3 is 0 Å². The van der Waals surface area contributed by atoms with E-state index in [9.17, 15) is 8.78 Å². The second-order valence-corrected chi connectivity index (χ2v) is 5.22. The molecular formula is C16H22F2N2. The van der Waals surface area contributed by atoms with Crippen LogP contribution in [0.15, 0.2) is 35.9 Å². The van der Waals surface area contributed by atoms with Crippen LogP contribution in [-0.2, 0) is 0 Å². The third-order valence-corrected chi connectivity index (χ3v) is 3.77. The standard InChI is InChI=1S/C16H22F2N2/c17-16(18)14-7-3-6-13(10-14)15(11-19)20-9-8-12-4-1-2-5-12/h3-4,6-7,10,15-16,20H,1-2,5,8-9,11,19H2. The van der Waals surface area contributed by atoms with Gasteiger partial charge in [0.05, 0.1) is 0 Å². The molecule has 20 heavy (non-hydrogen) atoms. The second-order valence-electron chi connectivity index (χ2n) is 5.22. The number of hydrogen-bond donors (Lipinski definition) is 2. The molecule has 2 rings (SSSR count). The highest BCUT2D eigenvalue weighted by Gasteiger charge is 2.13. The molecule has 1 aliphatic carbocycles. The molecule has 4 heteroatoms. The lowest BCUT2D eigenvalue weighted by Crippen LogP contribution is -2.29. The highest BCUT2D eigenvalue weighted by Crippen LogP contribution is 2.23. The fourth-order valence-corrected chi connectivity index (χ4v) is 2.62. The summed E-state index contributed by atoms with van der Waals surface area (Å²) in [6, 6.07) is 6.46. The summed E-state index contributed by atoms with van der Waals surface area (Å²) in [5, 5.41) is 3.37. The van der Waals surface area contributed by atoms with Crippen molar-refractivity contribution in [1.29, 1.82) is 0 Å². The summed E-state index contributed by atoms with van der Waals surface area (Å²) >= 11 is 0. The van der Waals surface area contributed by atoms with Crippen molar-refractivity contribution in [2.24, 2.45) is 5.73 Å². The van der Waals surface area contributed by atoms with Crippen LogP contribution in [-0.4, -0.2) is 13.1 Å². The van der Waals surface area contributed by atoms with Crippen LogP contribution >= 0.6 is 0 Å². The molecule has 1 aromatic rings. The van der Waals surface area contributed by atoms with Crippen molar-refractivity contribution >= 4 is 0 Å². The van der Waals surface area contributed by atoms with Gasteiger partial charge in [0.2, 0.25) is 0 Å². The van der Waals surface area contributed by atoms with Crippen LogP contribution in [0.2, 0.25) is 0 Å². The number of allylic oxidation sites excluding steroid dienone is 1. The number of halogens is 2. The van der Waals surface area contributed by atoms with E-state index in [1.165, 1.54) is 30.9 Å². The van der Waals surface area contributed by atoms with Gasteiger partial charge in [-0.2, -0.15) is 0 Å². The van der Waals surface area contributed by atoms with Crippen molar-refractivity contribution in [3.8, 4) is 0 Å². The van der Waals surface area contributed by atoms with Gasteiger partial charge in [-0.25, -0.2) is 8.78 Å². The molecule has 0 bridgehead atoms. The topological polar surface area (TPSA) is 38.0 Å². The van der Waals surface area contributed by atoms with E-state index in [0.29, 0.717) is 6.54 Å². The van der Waals surface area contributed by atoms with Crippen molar-refractivity contribution in [2.75, 3.05) is 13.1 Å². The molecule has 3 N–H and O–H groups in total. The molecule has 0 aliphatic heterocycles. The van der Waals surface area contributed by atoms with E-state index in [0.717, 1.165) is 18.5 Å². The number of benzene rings is 1. The summed E-state index contributed by atoms with van der Waals surface area (Å²) < 4.78 is 25.4. The summed E-state index contributed by atoms with van der Waals surface area (Å²) in [7, 11) is 0. The van der Waals surface area contributed by atoms with Crippen molar-refractivity contribution in [1.82, 2.24) is 5.32 Å². The van der Waals surface area contributed by atoms with Gasteiger partial charge in [0.1, 0.15) is 0 Å². The Kier molecular flexibility index (Phi) is 5.68. The molecule has 1 aromatic carbocycles. The molecule has 0 amide bonds. The van der Waals surface area contributed by atoms with E-state index in [4.69, 9.17) is 5.73 Å². The van der Waals surface area contributed by atoms with Crippen LogP contribution < -0.4 is 11.1 Å². The Morgan fingerprint density at radius 2 is 2.05 bits per heavy atom. The molecule has 110 valence electrons. The summed E-state index contributed by atoms with van der Waals surface area (Å²) in [6.45, 7) is 1.25. The quantitative estimate of drug-likeness (QED) is 0.747. The SMILES string of the molecule is NCC(NCCC1=CCCC1)c1cccc(C(F)F)c1. The predicted octanol–water partition coefficient (Wildman–Crippen LogP) is 3.71. The maximum absolute atomic E-state index is 12.7. The first-order chi connectivity index (χ1) is 9.70. The van der Waals surface area contributed by atoms with E-state index in [1.54, 1.807) is 12.1 Å². The molecule has 0 radical (unpaired) electrons. The Morgan fingerprint density at radius 1 is 1.25 bits per heavy atom. The van der Waals surface area contributed by atoms with Crippen LogP contribution in [0.3, 0.4) is 0 Å². The van der Waals surface area contributed by atoms with Crippen LogP contribution in [0, 0.1) is 0 Å². The minimum atomic E-state index is -2.43. The minimum absolute atomic E-state index is 0.0567. The Morgan fingerprint density at radius 3 is 2.70 bits per heavy atom. The number of alkyl halides is 2. The first kappa shape index (κ1) is 15.1. The van der Waals surface area contributed by atoms with E-state index in [-0.39, 0.29) is 11.6 Å². The van der Waals surface area contributed by atoms with E-state index in [1.807, 2.05) is 6.07 Å². The molecule has 1 aliphatic rings. The lowest BCUT2D eigenvalue weighted by atomic mass is 10.0. The number of nitrogens with two attached hydrogens (primary N) is 1. The van der Waals surface area contributed by atoms with E-state index in [2.05, 4.69) is 11.4 Å². The van der Waals surface area contributed by atoms with Crippen molar-refractivity contribution in [3.63, 3.8) is 0 Å². The van der Waals surface area contributed by atoms with Crippen LogP contribution in [0.25, 0.3) is 0 Å². The summed E-state index contributed by atoms with van der Waals surface area (Å²) in [4.78, 5) is 0. The first-order valence-corrected chi connectivity index (χ1v) is 7.20. The normalized spacial score (nSPS) is 16.5. The molecular weight excluding hydrogens is 258 g/mol. The van der Waals surface area contributed by atoms with Crippen LogP contribution in [0.4, 0.5) is 8.78 Å². The van der Waals surface area contributed by atoms with Gasteiger partial charge in [0.25, 0.3) is 6.43 Å². The van der Waals surface area contributed by atoms with Gasteiger partial charge in [0.15, 0.2) is 0 Å². The van der Waals surface area contributed by atoms with E-state index >= 15 is 0 Å². The van der Waals surface area contributed by atoms with Crippen molar-refractivity contribution in [3.05, 3.63) is 47.0 Å². The molecule has 0 aromatic heterocycles. The largest absolute Gasteiger partial charge is 0.329 e. The molecule has 0 saturated heterocycles. The average Bonchev–Trinajstić information content (AvgIpc) is 2.97. The Balaban J connectivity index is 1.91. The van der Waals surface area contributed by atoms with E-state index < -0.39 is 6.43 Å². The smallest absolute Gasteiger partial charge is 0.263 e. The molecule has 1 atom stereocenters. The predicted molar refractivity (Wildman–Crippen MR) is 77.7 cm³/mol. The van der Waals surface area contributed by atoms with Gasteiger partial charge in [-0.05, 0) is 43.9 Å². The van der Waals surface area contributed by atoms with Crippen molar-refractivity contribution in [2.45, 2.75) is 38.2 Å². The van der Waals surface area contributed by atoms with Gasteiger partial charge in [0, 0.05) is 18.2 Å². The fraction of sp³-hybridized carbons (Fsp3) is 0.500. The maximum Gasteiger partial charge on any atom is 0.263 e. The summed E-state index contributed by atoms with van der Waals surface area (Å²) in [5.41, 5.74) is 8.15. The Hall–Kier alpha value is -1.26. The minimum Gasteiger partial charge on any atom is -0.329 e. The molecule has 0 fully saturated rings. The fourth-order valence-electron chi connectivity index (χ4n) is 2.62. The van der Waals surface area contributed by atoms with Gasteiger partial charge < -0.3 is 11.1 Å². The van der Waals surface area contributed by atoms with Crippen LogP contribution in [0.5, 0.6) is 0 Å². The molecule has 2 nitrogen and oxygen atoms in total. The second kappa shape index (κ2) is 7.50. The van der Waals surface area contributed by atoms with Crippen molar-refractivity contribution < 1.29 is 8.78 Å². The summed E-state index contributed by atoms with van der Waals surface area (Å²) in [6.07, 6.45) is 4.52. The number of rotatable bonds is 7. The first-order valence-electron chi connectivity index (χ1n) is 7.20. The summed E-state index contributed by atoms with van der Waals surface area (Å²) in [5.74, 6) is 0. The van der Waals surface area contributed by atoms with Gasteiger partial charge in [-0.15, -0.1) is 0 Å². The average molecular weight is 280 g/mol. The monoisotopic (exact) mass is 280 g/mol. The van der Waals surface area contributed by atoms with Crippen LogP contribution in [0.1, 0.15) is 49.3 Å². The zero-order valence-corrected chi connectivity index (χ0v) is 11.6. The highest BCUT2D eigenvalue weighted by atomic mass is 19.3. The molecule has 1 unspecified atom stereocenters. The lowest BCUT2D eigenvalue weighted by molar-refractivity contribution is 0.151. The number of nitrogens with one attached hydrogen (secondary N) is 1. The molecule has 0 heterocycles. The van der Waals surface area contributed by atoms with Gasteiger partial charge in [-0.1, -0.05) is 29.8 Å². The molecule has 0 spiro atoms. The maximum atomic E-state index is 12.7. The zero-order chi connectivity index (χ0) is 14.4.